The van der Waals surface area contributed by atoms with Gasteiger partial charge in [0.25, 0.3) is 5.56 Å². The molecule has 2 N–H and O–H groups in total. The quantitative estimate of drug-likeness (QED) is 0.123. The van der Waals surface area contributed by atoms with Crippen molar-refractivity contribution in [3.8, 4) is 0 Å². The van der Waals surface area contributed by atoms with Crippen molar-refractivity contribution in [2.45, 2.75) is 45.4 Å². The van der Waals surface area contributed by atoms with Gasteiger partial charge in [-0.2, -0.15) is 10.2 Å². The molecule has 1 aliphatic rings. The van der Waals surface area contributed by atoms with Crippen LogP contribution >= 0.6 is 9.24 Å². The molecule has 2 unspecified atom stereocenters. The average Bonchev–Trinajstić information content (AvgIpc) is 3.04. The lowest BCUT2D eigenvalue weighted by Crippen LogP contribution is -2.40. The average molecular weight is 659 g/mol. The number of amides is 1. The number of carbonyl (C=O) groups excluding carboxylic acids is 1. The summed E-state index contributed by atoms with van der Waals surface area (Å²) in [6.45, 7) is 6.40. The van der Waals surface area contributed by atoms with Crippen LogP contribution in [0.25, 0.3) is 10.8 Å². The molecule has 0 bridgehead atoms. The molecular formula is C35H44FN8O2P. The summed E-state index contributed by atoms with van der Waals surface area (Å²) < 4.78 is 16.6. The van der Waals surface area contributed by atoms with Crippen LogP contribution in [0.5, 0.6) is 0 Å². The summed E-state index contributed by atoms with van der Waals surface area (Å²) in [5.74, 6) is -0.723. The van der Waals surface area contributed by atoms with E-state index in [9.17, 15) is 9.59 Å². The van der Waals surface area contributed by atoms with Gasteiger partial charge in [0.2, 0.25) is 5.91 Å². The van der Waals surface area contributed by atoms with Crippen LogP contribution in [0.3, 0.4) is 0 Å². The minimum atomic E-state index is -0.481. The molecule has 10 nitrogen and oxygen atoms in total. The first-order valence-corrected chi connectivity index (χ1v) is 16.5. The van der Waals surface area contributed by atoms with Gasteiger partial charge in [-0.3, -0.25) is 19.5 Å². The molecule has 12 heteroatoms. The molecule has 2 heterocycles. The molecule has 0 radical (unpaired) electrons. The first-order chi connectivity index (χ1) is 22.6. The van der Waals surface area contributed by atoms with Crippen molar-refractivity contribution in [1.82, 2.24) is 24.6 Å². The van der Waals surface area contributed by atoms with Crippen LogP contribution in [-0.2, 0) is 18.0 Å². The molecule has 0 aliphatic carbocycles. The lowest BCUT2D eigenvalue weighted by Gasteiger charge is -2.36. The lowest BCUT2D eigenvalue weighted by atomic mass is 9.84. The van der Waals surface area contributed by atoms with Crippen molar-refractivity contribution >= 4 is 48.8 Å². The predicted octanol–water partition coefficient (Wildman–Crippen LogP) is 4.59. The number of anilines is 2. The van der Waals surface area contributed by atoms with E-state index in [1.165, 1.54) is 16.8 Å². The predicted molar refractivity (Wildman–Crippen MR) is 192 cm³/mol. The summed E-state index contributed by atoms with van der Waals surface area (Å²) in [5.41, 5.74) is 3.75. The van der Waals surface area contributed by atoms with Crippen LogP contribution in [0.2, 0.25) is 0 Å². The Kier molecular flexibility index (Phi) is 11.0. The van der Waals surface area contributed by atoms with E-state index < -0.39 is 5.82 Å². The van der Waals surface area contributed by atoms with Gasteiger partial charge in [0.05, 0.1) is 23.8 Å². The molecule has 4 aromatic rings. The van der Waals surface area contributed by atoms with Crippen molar-refractivity contribution in [1.29, 1.82) is 0 Å². The second-order valence-corrected chi connectivity index (χ2v) is 12.9. The fourth-order valence-corrected chi connectivity index (χ4v) is 6.18. The number of nitrogens with zero attached hydrogens (tertiary/aromatic N) is 6. The first kappa shape index (κ1) is 34.2. The Morgan fingerprint density at radius 1 is 1.11 bits per heavy atom. The summed E-state index contributed by atoms with van der Waals surface area (Å²) in [6, 6.07) is 18.5. The van der Waals surface area contributed by atoms with Crippen LogP contribution in [0.4, 0.5) is 15.8 Å². The molecule has 0 spiro atoms. The SMILES string of the molecule is C/C=N\N(C)CC1c2nn(CN(CCN(C)C)Cc3ccc(NC(=O)CC)cc3)c(=O)c3cc(F)cc(c23)N[C@@H]1c1ccc(P)cc1. The number of aromatic nitrogens is 2. The van der Waals surface area contributed by atoms with Crippen LogP contribution in [0, 0.1) is 5.82 Å². The Hall–Kier alpha value is -4.18. The van der Waals surface area contributed by atoms with Crippen molar-refractivity contribution < 1.29 is 9.18 Å². The zero-order valence-corrected chi connectivity index (χ0v) is 28.9. The number of hydrogen-bond acceptors (Lipinski definition) is 8. The maximum absolute atomic E-state index is 15.2. The van der Waals surface area contributed by atoms with Crippen LogP contribution < -0.4 is 21.5 Å². The number of halogens is 1. The third-order valence-corrected chi connectivity index (χ3v) is 8.73. The number of rotatable bonds is 13. The van der Waals surface area contributed by atoms with Crippen molar-refractivity contribution in [3.05, 3.63) is 93.7 Å². The van der Waals surface area contributed by atoms with E-state index in [0.717, 1.165) is 34.4 Å². The zero-order chi connectivity index (χ0) is 33.7. The monoisotopic (exact) mass is 658 g/mol. The summed E-state index contributed by atoms with van der Waals surface area (Å²) in [7, 11) is 8.64. The fourth-order valence-electron chi connectivity index (χ4n) is 5.98. The summed E-state index contributed by atoms with van der Waals surface area (Å²) in [6.07, 6.45) is 2.15. The van der Waals surface area contributed by atoms with Crippen molar-refractivity contribution in [2.75, 3.05) is 51.4 Å². The highest BCUT2D eigenvalue weighted by Gasteiger charge is 2.35. The van der Waals surface area contributed by atoms with Gasteiger partial charge in [-0.15, -0.1) is 9.24 Å². The number of carbonyl (C=O) groups is 1. The molecule has 0 saturated carbocycles. The van der Waals surface area contributed by atoms with Crippen LogP contribution in [0.15, 0.2) is 70.6 Å². The standard InChI is InChI=1S/C35H44FN8O2P/c1-6-31(45)38-26-12-8-23(9-13-26)20-43(17-16-41(3)4)22-44-35(46)28-18-25(36)19-30-32(28)34(40-44)29(21-42(5)37-7-2)33(39-30)24-10-14-27(47)15-11-24/h7-15,18-19,29,33,39H,6,16-17,20-22,47H2,1-5H3,(H,38,45)/b37-7-/t29?,33-/m1/s1. The highest BCUT2D eigenvalue weighted by molar-refractivity contribution is 7.27. The third kappa shape index (κ3) is 8.22. The Balaban J connectivity index is 1.57. The van der Waals surface area contributed by atoms with E-state index in [-0.39, 0.29) is 30.1 Å². The number of nitrogens with one attached hydrogen (secondary N) is 2. The largest absolute Gasteiger partial charge is 0.377 e. The molecule has 1 amide bonds. The molecule has 248 valence electrons. The second kappa shape index (κ2) is 15.2. The smallest absolute Gasteiger partial charge is 0.276 e. The highest BCUT2D eigenvalue weighted by Crippen LogP contribution is 2.43. The number of hydrazone groups is 1. The molecule has 1 aliphatic heterocycles. The first-order valence-electron chi connectivity index (χ1n) is 15.9. The topological polar surface area (TPSA) is 98.1 Å². The number of hydrogen-bond donors (Lipinski definition) is 2. The minimum Gasteiger partial charge on any atom is -0.377 e. The van der Waals surface area contributed by atoms with E-state index in [4.69, 9.17) is 5.10 Å². The lowest BCUT2D eigenvalue weighted by molar-refractivity contribution is -0.115. The molecule has 0 fully saturated rings. The number of likely N-dealkylation sites (N-methyl/N-ethyl adjacent to an activating group) is 2. The van der Waals surface area contributed by atoms with Crippen LogP contribution in [-0.4, -0.2) is 77.5 Å². The van der Waals surface area contributed by atoms with Gasteiger partial charge in [-0.1, -0.05) is 43.3 Å². The van der Waals surface area contributed by atoms with Crippen molar-refractivity contribution in [3.63, 3.8) is 0 Å². The van der Waals surface area contributed by atoms with Gasteiger partial charge < -0.3 is 15.5 Å². The summed E-state index contributed by atoms with van der Waals surface area (Å²) in [5, 5.41) is 19.9. The van der Waals surface area contributed by atoms with Gasteiger partial charge in [-0.05, 0) is 61.7 Å². The Morgan fingerprint density at radius 3 is 2.49 bits per heavy atom. The molecule has 3 atom stereocenters. The summed E-state index contributed by atoms with van der Waals surface area (Å²) >= 11 is 0. The molecule has 1 aromatic heterocycles. The van der Waals surface area contributed by atoms with E-state index >= 15 is 4.39 Å². The summed E-state index contributed by atoms with van der Waals surface area (Å²) in [4.78, 5) is 30.1. The highest BCUT2D eigenvalue weighted by atomic mass is 31.0. The third-order valence-electron chi connectivity index (χ3n) is 8.35. The van der Waals surface area contributed by atoms with E-state index in [2.05, 4.69) is 46.9 Å². The Bertz CT molecular complexity index is 1790. The van der Waals surface area contributed by atoms with E-state index in [0.29, 0.717) is 42.5 Å². The van der Waals surface area contributed by atoms with Gasteiger partial charge in [0.15, 0.2) is 0 Å². The second-order valence-electron chi connectivity index (χ2n) is 12.3. The van der Waals surface area contributed by atoms with Gasteiger partial charge in [0.1, 0.15) is 5.82 Å². The molecule has 47 heavy (non-hydrogen) atoms. The molecular weight excluding hydrogens is 614 g/mol. The minimum absolute atomic E-state index is 0.0412. The fraction of sp³-hybridized carbons (Fsp3) is 0.371. The van der Waals surface area contributed by atoms with Gasteiger partial charge >= 0.3 is 0 Å². The van der Waals surface area contributed by atoms with E-state index in [1.807, 2.05) is 76.4 Å². The molecule has 0 saturated heterocycles. The Labute approximate surface area is 277 Å². The maximum Gasteiger partial charge on any atom is 0.276 e. The molecule has 5 rings (SSSR count). The van der Waals surface area contributed by atoms with Crippen molar-refractivity contribution in [2.24, 2.45) is 5.10 Å². The normalized spacial score (nSPS) is 15.9. The van der Waals surface area contributed by atoms with Gasteiger partial charge in [0, 0.05) is 68.5 Å². The Morgan fingerprint density at radius 2 is 1.83 bits per heavy atom. The van der Waals surface area contributed by atoms with E-state index in [1.54, 1.807) is 6.21 Å². The van der Waals surface area contributed by atoms with Crippen LogP contribution in [0.1, 0.15) is 49.0 Å². The molecule has 3 aromatic carbocycles. The van der Waals surface area contributed by atoms with Gasteiger partial charge in [-0.25, -0.2) is 9.07 Å². The number of benzene rings is 3. The zero-order valence-electron chi connectivity index (χ0n) is 27.7. The maximum atomic E-state index is 15.2.